The van der Waals surface area contributed by atoms with Gasteiger partial charge in [0.05, 0.1) is 23.4 Å². The summed E-state index contributed by atoms with van der Waals surface area (Å²) in [7, 11) is 0. The molecule has 0 radical (unpaired) electrons. The molecule has 1 unspecified atom stereocenters. The Hall–Kier alpha value is -0.870. The number of ether oxygens (including phenoxy) is 3. The minimum atomic E-state index is -0.239. The van der Waals surface area contributed by atoms with Crippen molar-refractivity contribution in [1.82, 2.24) is 0 Å². The van der Waals surface area contributed by atoms with Gasteiger partial charge in [-0.25, -0.2) is 4.79 Å². The van der Waals surface area contributed by atoms with Crippen molar-refractivity contribution in [3.63, 3.8) is 0 Å². The average molecular weight is 264 g/mol. The number of carbonyl (C=O) groups is 1. The van der Waals surface area contributed by atoms with Crippen LogP contribution in [0.25, 0.3) is 0 Å². The summed E-state index contributed by atoms with van der Waals surface area (Å²) in [6, 6.07) is 0. The van der Waals surface area contributed by atoms with E-state index in [1.165, 1.54) is 0 Å². The SMILES string of the molecule is C=C1C(=O)O[C@H]2CC3(C)O[C@@H]3CC[C@@]3(C)O[C@H]3C[C@H]12. The summed E-state index contributed by atoms with van der Waals surface area (Å²) in [5.74, 6) is -0.142. The fourth-order valence-corrected chi connectivity index (χ4v) is 3.84. The van der Waals surface area contributed by atoms with Crippen LogP contribution in [0.3, 0.4) is 0 Å². The van der Waals surface area contributed by atoms with Crippen LogP contribution < -0.4 is 0 Å². The number of carbonyl (C=O) groups excluding carboxylic acids is 1. The number of esters is 1. The lowest BCUT2D eigenvalue weighted by Crippen LogP contribution is -2.28. The molecule has 4 nitrogen and oxygen atoms in total. The van der Waals surface area contributed by atoms with E-state index < -0.39 is 0 Å². The molecule has 0 aromatic rings. The van der Waals surface area contributed by atoms with Crippen molar-refractivity contribution in [2.24, 2.45) is 5.92 Å². The summed E-state index contributed by atoms with van der Waals surface area (Å²) < 4.78 is 17.2. The van der Waals surface area contributed by atoms with Crippen LogP contribution in [-0.2, 0) is 19.0 Å². The first-order valence-corrected chi connectivity index (χ1v) is 7.17. The summed E-state index contributed by atoms with van der Waals surface area (Å²) in [6.45, 7) is 8.20. The van der Waals surface area contributed by atoms with Crippen molar-refractivity contribution in [3.05, 3.63) is 12.2 Å². The highest BCUT2D eigenvalue weighted by molar-refractivity contribution is 5.90. The molecule has 4 rings (SSSR count). The van der Waals surface area contributed by atoms with Gasteiger partial charge in [-0.3, -0.25) is 0 Å². The summed E-state index contributed by atoms with van der Waals surface area (Å²) in [6.07, 6.45) is 4.17. The van der Waals surface area contributed by atoms with Crippen LogP contribution in [0.1, 0.15) is 39.5 Å². The highest BCUT2D eigenvalue weighted by Gasteiger charge is 2.61. The third-order valence-corrected chi connectivity index (χ3v) is 5.47. The van der Waals surface area contributed by atoms with E-state index in [0.717, 1.165) is 25.7 Å². The molecule has 6 atom stereocenters. The first-order valence-electron chi connectivity index (χ1n) is 7.17. The number of hydrogen-bond acceptors (Lipinski definition) is 4. The van der Waals surface area contributed by atoms with Crippen LogP contribution in [0.2, 0.25) is 0 Å². The zero-order chi connectivity index (χ0) is 13.4. The largest absolute Gasteiger partial charge is 0.458 e. The Morgan fingerprint density at radius 2 is 1.95 bits per heavy atom. The Labute approximate surface area is 113 Å². The van der Waals surface area contributed by atoms with Crippen LogP contribution in [-0.4, -0.2) is 35.5 Å². The van der Waals surface area contributed by atoms with Gasteiger partial charge >= 0.3 is 5.97 Å². The van der Waals surface area contributed by atoms with E-state index in [1.807, 2.05) is 0 Å². The Kier molecular flexibility index (Phi) is 2.14. The van der Waals surface area contributed by atoms with Crippen LogP contribution in [0.5, 0.6) is 0 Å². The number of hydrogen-bond donors (Lipinski definition) is 0. The molecule has 0 aromatic carbocycles. The second-order valence-electron chi connectivity index (χ2n) is 6.89. The van der Waals surface area contributed by atoms with Gasteiger partial charge in [-0.15, -0.1) is 0 Å². The minimum Gasteiger partial charge on any atom is -0.458 e. The lowest BCUT2D eigenvalue weighted by molar-refractivity contribution is -0.139. The van der Waals surface area contributed by atoms with Gasteiger partial charge in [-0.2, -0.15) is 0 Å². The molecule has 0 aromatic heterocycles. The van der Waals surface area contributed by atoms with E-state index >= 15 is 0 Å². The summed E-state index contributed by atoms with van der Waals surface area (Å²) in [5, 5.41) is 0. The van der Waals surface area contributed by atoms with Crippen LogP contribution in [0.4, 0.5) is 0 Å². The van der Waals surface area contributed by atoms with E-state index in [-0.39, 0.29) is 35.3 Å². The quantitative estimate of drug-likeness (QED) is 0.381. The van der Waals surface area contributed by atoms with Crippen molar-refractivity contribution in [1.29, 1.82) is 0 Å². The first kappa shape index (κ1) is 11.9. The van der Waals surface area contributed by atoms with Crippen molar-refractivity contribution < 1.29 is 19.0 Å². The number of fused-ring (bicyclic) bond motifs is 3. The second-order valence-corrected chi connectivity index (χ2v) is 6.89. The molecular weight excluding hydrogens is 244 g/mol. The molecule has 1 saturated carbocycles. The second kappa shape index (κ2) is 3.41. The van der Waals surface area contributed by atoms with Gasteiger partial charge in [0, 0.05) is 17.9 Å². The zero-order valence-electron chi connectivity index (χ0n) is 11.5. The maximum Gasteiger partial charge on any atom is 0.334 e. The predicted molar refractivity (Wildman–Crippen MR) is 67.5 cm³/mol. The number of epoxide rings is 2. The Balaban J connectivity index is 1.62. The molecule has 0 bridgehead atoms. The maximum atomic E-state index is 11.8. The van der Waals surface area contributed by atoms with Gasteiger partial charge in [0.1, 0.15) is 6.10 Å². The predicted octanol–water partition coefficient (Wildman–Crippen LogP) is 1.97. The summed E-state index contributed by atoms with van der Waals surface area (Å²) in [5.41, 5.74) is 0.469. The third-order valence-electron chi connectivity index (χ3n) is 5.47. The van der Waals surface area contributed by atoms with Crippen molar-refractivity contribution >= 4 is 5.97 Å². The van der Waals surface area contributed by atoms with Gasteiger partial charge in [0.25, 0.3) is 0 Å². The van der Waals surface area contributed by atoms with Gasteiger partial charge in [0.15, 0.2) is 0 Å². The molecule has 0 amide bonds. The fraction of sp³-hybridized carbons (Fsp3) is 0.800. The van der Waals surface area contributed by atoms with E-state index in [9.17, 15) is 4.79 Å². The molecule has 1 aliphatic carbocycles. The lowest BCUT2D eigenvalue weighted by atomic mass is 9.81. The van der Waals surface area contributed by atoms with E-state index in [4.69, 9.17) is 14.2 Å². The first-order chi connectivity index (χ1) is 8.91. The summed E-state index contributed by atoms with van der Waals surface area (Å²) >= 11 is 0. The smallest absolute Gasteiger partial charge is 0.334 e. The molecule has 4 fully saturated rings. The van der Waals surface area contributed by atoms with Crippen LogP contribution in [0.15, 0.2) is 12.2 Å². The minimum absolute atomic E-state index is 0.0271. The van der Waals surface area contributed by atoms with Gasteiger partial charge < -0.3 is 14.2 Å². The normalized spacial score (nSPS) is 55.7. The molecule has 4 heteroatoms. The van der Waals surface area contributed by atoms with Crippen molar-refractivity contribution in [3.8, 4) is 0 Å². The molecule has 3 heterocycles. The van der Waals surface area contributed by atoms with Crippen molar-refractivity contribution in [2.45, 2.75) is 69.0 Å². The molecular formula is C15H20O4. The monoisotopic (exact) mass is 264 g/mol. The zero-order valence-corrected chi connectivity index (χ0v) is 11.5. The fourth-order valence-electron chi connectivity index (χ4n) is 3.84. The Morgan fingerprint density at radius 3 is 2.74 bits per heavy atom. The molecule has 3 aliphatic heterocycles. The van der Waals surface area contributed by atoms with Gasteiger partial charge in [-0.05, 0) is 33.1 Å². The molecule has 3 saturated heterocycles. The standard InChI is InChI=1S/C15H20O4/c1-8-9-6-12-14(2,19-12)5-4-11-15(3,18-11)7-10(9)17-13(8)16/h9-12H,1,4-7H2,2-3H3/t9-,10+,11-,12+,14-,15?/m1/s1. The van der Waals surface area contributed by atoms with Gasteiger partial charge in [0.2, 0.25) is 0 Å². The molecule has 104 valence electrons. The van der Waals surface area contributed by atoms with Crippen LogP contribution >= 0.6 is 0 Å². The Bertz CT molecular complexity index is 473. The average Bonchev–Trinajstić information content (AvgIpc) is 3.15. The molecule has 0 N–H and O–H groups in total. The molecule has 0 spiro atoms. The third kappa shape index (κ3) is 1.69. The maximum absolute atomic E-state index is 11.8. The lowest BCUT2D eigenvalue weighted by Gasteiger charge is -2.21. The highest BCUT2D eigenvalue weighted by Crippen LogP contribution is 2.53. The molecule has 4 aliphatic rings. The topological polar surface area (TPSA) is 51.4 Å². The van der Waals surface area contributed by atoms with Gasteiger partial charge in [-0.1, -0.05) is 6.58 Å². The highest BCUT2D eigenvalue weighted by atomic mass is 16.6. The van der Waals surface area contributed by atoms with E-state index in [1.54, 1.807) is 0 Å². The molecule has 19 heavy (non-hydrogen) atoms. The summed E-state index contributed by atoms with van der Waals surface area (Å²) in [4.78, 5) is 11.8. The van der Waals surface area contributed by atoms with Crippen molar-refractivity contribution in [2.75, 3.05) is 0 Å². The van der Waals surface area contributed by atoms with E-state index in [0.29, 0.717) is 11.7 Å². The van der Waals surface area contributed by atoms with Crippen LogP contribution in [0, 0.1) is 5.92 Å². The number of rotatable bonds is 0. The Morgan fingerprint density at radius 1 is 1.21 bits per heavy atom. The van der Waals surface area contributed by atoms with E-state index in [2.05, 4.69) is 20.4 Å².